The first kappa shape index (κ1) is 24.3. The maximum absolute atomic E-state index is 13.1. The third-order valence-electron chi connectivity index (χ3n) is 5.14. The summed E-state index contributed by atoms with van der Waals surface area (Å²) in [6, 6.07) is 11.0. The molecule has 2 N–H and O–H groups in total. The summed E-state index contributed by atoms with van der Waals surface area (Å²) in [5.74, 6) is -2.00. The molecule has 1 saturated carbocycles. The Bertz CT molecular complexity index is 944. The van der Waals surface area contributed by atoms with Crippen LogP contribution in [0.5, 0.6) is 0 Å². The van der Waals surface area contributed by atoms with Gasteiger partial charge in [0.1, 0.15) is 12.0 Å². The summed E-state index contributed by atoms with van der Waals surface area (Å²) >= 11 is 0. The molecule has 1 unspecified atom stereocenters. The smallest absolute Gasteiger partial charge is 0.386 e. The quantitative estimate of drug-likeness (QED) is 0.519. The Kier molecular flexibility index (Phi) is 7.66. The van der Waals surface area contributed by atoms with Gasteiger partial charge in [0.25, 0.3) is 6.43 Å². The van der Waals surface area contributed by atoms with E-state index in [4.69, 9.17) is 0 Å². The van der Waals surface area contributed by atoms with E-state index in [-0.39, 0.29) is 12.1 Å². The van der Waals surface area contributed by atoms with Crippen LogP contribution in [-0.4, -0.2) is 39.7 Å². The fourth-order valence-electron chi connectivity index (χ4n) is 3.24. The van der Waals surface area contributed by atoms with Gasteiger partial charge >= 0.3 is 6.18 Å². The van der Waals surface area contributed by atoms with E-state index >= 15 is 0 Å². The number of carbonyl (C=O) groups is 1. The lowest BCUT2D eigenvalue weighted by Gasteiger charge is -2.25. The van der Waals surface area contributed by atoms with Crippen molar-refractivity contribution in [2.24, 2.45) is 5.92 Å². The zero-order valence-electron chi connectivity index (χ0n) is 16.8. The van der Waals surface area contributed by atoms with E-state index in [1.807, 2.05) is 0 Å². The molecule has 0 aliphatic heterocycles. The van der Waals surface area contributed by atoms with Gasteiger partial charge in [-0.1, -0.05) is 24.3 Å². The molecule has 1 amide bonds. The van der Waals surface area contributed by atoms with Crippen LogP contribution in [0.3, 0.4) is 0 Å². The largest absolute Gasteiger partial charge is 0.398 e. The Labute approximate surface area is 184 Å². The second kappa shape index (κ2) is 10.1. The number of anilines is 1. The van der Waals surface area contributed by atoms with E-state index in [1.54, 1.807) is 24.3 Å². The lowest BCUT2D eigenvalue weighted by atomic mass is 9.92. The Morgan fingerprint density at radius 2 is 1.66 bits per heavy atom. The fraction of sp³-hybridized carbons (Fsp3) is 0.409. The molecule has 10 heteroatoms. The second-order valence-electron chi connectivity index (χ2n) is 7.79. The number of benzene rings is 2. The number of amides is 1. The number of rotatable bonds is 9. The van der Waals surface area contributed by atoms with Gasteiger partial charge in [0.05, 0.1) is 17.2 Å². The molecule has 4 nitrogen and oxygen atoms in total. The van der Waals surface area contributed by atoms with Crippen LogP contribution >= 0.6 is 0 Å². The van der Waals surface area contributed by atoms with E-state index in [2.05, 4.69) is 5.32 Å². The van der Waals surface area contributed by atoms with Gasteiger partial charge in [-0.25, -0.2) is 8.78 Å². The van der Waals surface area contributed by atoms with E-state index < -0.39 is 46.9 Å². The van der Waals surface area contributed by atoms with Crippen molar-refractivity contribution in [3.63, 3.8) is 0 Å². The number of halogens is 5. The fourth-order valence-corrected chi connectivity index (χ4v) is 4.64. The first-order valence-corrected chi connectivity index (χ1v) is 11.3. The van der Waals surface area contributed by atoms with E-state index in [9.17, 15) is 36.1 Å². The maximum Gasteiger partial charge on any atom is 0.398 e. The van der Waals surface area contributed by atoms with Gasteiger partial charge in [-0.2, -0.15) is 13.2 Å². The predicted octanol–water partition coefficient (Wildman–Crippen LogP) is 4.66. The maximum atomic E-state index is 13.1. The number of carbonyl (C=O) groups excluding carboxylic acids is 1. The third-order valence-corrected chi connectivity index (χ3v) is 6.71. The standard InChI is InChI=1S/C22H22F5NO3S/c23-21(24)20(30)19(22(25,26)27)15-5-7-16(8-6-15)28-18(29)11-13-3-9-17(10-4-13)32(31)12-14-1-2-14/h3-10,14,19-21,30H,1-2,11-12H2,(H,28,29)/t19?,20-,32+/m1/s1. The number of hydrogen-bond acceptors (Lipinski definition) is 3. The normalized spacial score (nSPS) is 17.1. The summed E-state index contributed by atoms with van der Waals surface area (Å²) in [6.45, 7) is 0. The molecule has 0 spiro atoms. The number of aliphatic hydroxyl groups excluding tert-OH is 1. The Morgan fingerprint density at radius 1 is 1.06 bits per heavy atom. The monoisotopic (exact) mass is 475 g/mol. The molecule has 0 saturated heterocycles. The average Bonchev–Trinajstić information content (AvgIpc) is 3.52. The van der Waals surface area contributed by atoms with Crippen molar-refractivity contribution in [3.05, 3.63) is 59.7 Å². The number of alkyl halides is 5. The Hall–Kier alpha value is -2.33. The van der Waals surface area contributed by atoms with Crippen molar-refractivity contribution in [1.82, 2.24) is 0 Å². The van der Waals surface area contributed by atoms with Crippen LogP contribution in [0.15, 0.2) is 53.4 Å². The second-order valence-corrected chi connectivity index (χ2v) is 9.29. The molecular formula is C22H22F5NO3S. The molecule has 0 radical (unpaired) electrons. The van der Waals surface area contributed by atoms with Crippen LogP contribution < -0.4 is 5.32 Å². The minimum atomic E-state index is -5.06. The lowest BCUT2D eigenvalue weighted by Crippen LogP contribution is -2.36. The summed E-state index contributed by atoms with van der Waals surface area (Å²) in [7, 11) is -1.07. The van der Waals surface area contributed by atoms with Gasteiger partial charge in [0, 0.05) is 16.3 Å². The van der Waals surface area contributed by atoms with Crippen LogP contribution in [0, 0.1) is 5.92 Å². The van der Waals surface area contributed by atoms with E-state index in [0.29, 0.717) is 22.1 Å². The SMILES string of the molecule is O=C(Cc1ccc([S@@](=O)CC2CC2)cc1)Nc1ccc(C([C@@H](O)C(F)F)C(F)(F)F)cc1. The van der Waals surface area contributed by atoms with Gasteiger partial charge in [-0.15, -0.1) is 0 Å². The summed E-state index contributed by atoms with van der Waals surface area (Å²) in [4.78, 5) is 12.9. The van der Waals surface area contributed by atoms with Crippen LogP contribution in [0.4, 0.5) is 27.6 Å². The van der Waals surface area contributed by atoms with Crippen molar-refractivity contribution in [2.75, 3.05) is 11.1 Å². The molecule has 0 aromatic heterocycles. The summed E-state index contributed by atoms with van der Waals surface area (Å²) in [5.41, 5.74) is 0.329. The highest BCUT2D eigenvalue weighted by Crippen LogP contribution is 2.39. The van der Waals surface area contributed by atoms with Crippen molar-refractivity contribution >= 4 is 22.4 Å². The lowest BCUT2D eigenvalue weighted by molar-refractivity contribution is -0.188. The minimum Gasteiger partial charge on any atom is -0.386 e. The number of aliphatic hydroxyl groups is 1. The zero-order chi connectivity index (χ0) is 23.5. The molecule has 2 aromatic carbocycles. The van der Waals surface area contributed by atoms with Gasteiger partial charge in [-0.3, -0.25) is 9.00 Å². The third kappa shape index (κ3) is 6.59. The molecule has 0 bridgehead atoms. The van der Waals surface area contributed by atoms with E-state index in [0.717, 1.165) is 37.1 Å². The first-order chi connectivity index (χ1) is 15.0. The highest BCUT2D eigenvalue weighted by Gasteiger charge is 2.48. The minimum absolute atomic E-state index is 0.00738. The van der Waals surface area contributed by atoms with Crippen molar-refractivity contribution in [2.45, 2.75) is 48.8 Å². The van der Waals surface area contributed by atoms with Crippen LogP contribution in [-0.2, 0) is 22.0 Å². The highest BCUT2D eigenvalue weighted by molar-refractivity contribution is 7.85. The van der Waals surface area contributed by atoms with Gasteiger partial charge in [0.2, 0.25) is 5.91 Å². The van der Waals surface area contributed by atoms with Crippen molar-refractivity contribution in [1.29, 1.82) is 0 Å². The molecule has 1 aliphatic carbocycles. The van der Waals surface area contributed by atoms with Gasteiger partial charge < -0.3 is 10.4 Å². The summed E-state index contributed by atoms with van der Waals surface area (Å²) in [6.07, 6.45) is -9.30. The van der Waals surface area contributed by atoms with Crippen LogP contribution in [0.1, 0.15) is 29.9 Å². The summed E-state index contributed by atoms with van der Waals surface area (Å²) in [5, 5.41) is 11.8. The van der Waals surface area contributed by atoms with Crippen LogP contribution in [0.25, 0.3) is 0 Å². The van der Waals surface area contributed by atoms with Crippen molar-refractivity contribution in [3.8, 4) is 0 Å². The molecule has 32 heavy (non-hydrogen) atoms. The molecule has 2 aromatic rings. The molecule has 1 fully saturated rings. The Morgan fingerprint density at radius 3 is 2.16 bits per heavy atom. The molecule has 0 heterocycles. The first-order valence-electron chi connectivity index (χ1n) is 9.94. The van der Waals surface area contributed by atoms with Crippen LogP contribution in [0.2, 0.25) is 0 Å². The van der Waals surface area contributed by atoms with E-state index in [1.165, 1.54) is 0 Å². The molecule has 3 rings (SSSR count). The molecule has 174 valence electrons. The topological polar surface area (TPSA) is 66.4 Å². The predicted molar refractivity (Wildman–Crippen MR) is 110 cm³/mol. The Balaban J connectivity index is 1.59. The molecule has 3 atom stereocenters. The van der Waals surface area contributed by atoms with Gasteiger partial charge in [-0.05, 0) is 54.2 Å². The molecular weight excluding hydrogens is 453 g/mol. The van der Waals surface area contributed by atoms with Crippen molar-refractivity contribution < 1.29 is 36.1 Å². The summed E-state index contributed by atoms with van der Waals surface area (Å²) < 4.78 is 76.9. The number of hydrogen-bond donors (Lipinski definition) is 2. The van der Waals surface area contributed by atoms with Gasteiger partial charge in [0.15, 0.2) is 0 Å². The average molecular weight is 475 g/mol. The molecule has 1 aliphatic rings. The highest BCUT2D eigenvalue weighted by atomic mass is 32.2. The number of nitrogens with one attached hydrogen (secondary N) is 1. The zero-order valence-corrected chi connectivity index (χ0v) is 17.6.